The van der Waals surface area contributed by atoms with Gasteiger partial charge in [0.1, 0.15) is 11.6 Å². The van der Waals surface area contributed by atoms with E-state index >= 15 is 0 Å². The molecule has 0 unspecified atom stereocenters. The van der Waals surface area contributed by atoms with Gasteiger partial charge in [0.25, 0.3) is 0 Å². The van der Waals surface area contributed by atoms with E-state index in [2.05, 4.69) is 15.3 Å². The lowest BCUT2D eigenvalue weighted by atomic mass is 10.2. The number of nitrogens with zero attached hydrogens (tertiary/aromatic N) is 2. The van der Waals surface area contributed by atoms with Crippen LogP contribution in [0.2, 0.25) is 0 Å². The SMILES string of the molecule is NNc1cccc(CN2CCc3ccc(F)cc32)n1. The summed E-state index contributed by atoms with van der Waals surface area (Å²) in [6.07, 6.45) is 0.949. The second-order valence-corrected chi connectivity index (χ2v) is 4.60. The van der Waals surface area contributed by atoms with Gasteiger partial charge in [-0.3, -0.25) is 0 Å². The van der Waals surface area contributed by atoms with E-state index in [-0.39, 0.29) is 5.82 Å². The van der Waals surface area contributed by atoms with Crippen molar-refractivity contribution in [3.63, 3.8) is 0 Å². The molecule has 1 aromatic heterocycles. The molecule has 0 fully saturated rings. The fourth-order valence-corrected chi connectivity index (χ4v) is 2.43. The Hall–Kier alpha value is -2.14. The first kappa shape index (κ1) is 11.9. The lowest BCUT2D eigenvalue weighted by molar-refractivity contribution is 0.627. The molecular weight excluding hydrogens is 243 g/mol. The number of hydrogen-bond acceptors (Lipinski definition) is 4. The number of nitrogen functional groups attached to an aromatic ring is 1. The van der Waals surface area contributed by atoms with E-state index in [1.165, 1.54) is 11.6 Å². The predicted molar refractivity (Wildman–Crippen MR) is 73.2 cm³/mol. The molecule has 0 atom stereocenters. The molecule has 3 N–H and O–H groups in total. The molecule has 5 heteroatoms. The van der Waals surface area contributed by atoms with Crippen molar-refractivity contribution in [3.8, 4) is 0 Å². The van der Waals surface area contributed by atoms with Gasteiger partial charge < -0.3 is 10.3 Å². The topological polar surface area (TPSA) is 54.2 Å². The van der Waals surface area contributed by atoms with Crippen LogP contribution in [0.15, 0.2) is 36.4 Å². The molecular formula is C14H15FN4. The number of pyridine rings is 1. The molecule has 1 aliphatic rings. The van der Waals surface area contributed by atoms with Crippen LogP contribution in [0.1, 0.15) is 11.3 Å². The molecule has 1 aromatic carbocycles. The third kappa shape index (κ3) is 2.37. The molecule has 0 radical (unpaired) electrons. The number of nitrogens with two attached hydrogens (primary N) is 1. The highest BCUT2D eigenvalue weighted by molar-refractivity contribution is 5.58. The normalized spacial score (nSPS) is 13.5. The molecule has 1 aliphatic heterocycles. The highest BCUT2D eigenvalue weighted by atomic mass is 19.1. The third-order valence-corrected chi connectivity index (χ3v) is 3.35. The zero-order chi connectivity index (χ0) is 13.2. The lowest BCUT2D eigenvalue weighted by Crippen LogP contribution is -2.21. The molecule has 2 heterocycles. The Bertz CT molecular complexity index is 600. The zero-order valence-corrected chi connectivity index (χ0v) is 10.4. The van der Waals surface area contributed by atoms with Crippen molar-refractivity contribution in [2.24, 2.45) is 5.84 Å². The second-order valence-electron chi connectivity index (χ2n) is 4.60. The molecule has 0 spiro atoms. The highest BCUT2D eigenvalue weighted by Crippen LogP contribution is 2.29. The Balaban J connectivity index is 1.84. The maximum atomic E-state index is 13.3. The van der Waals surface area contributed by atoms with Gasteiger partial charge in [0.15, 0.2) is 0 Å². The molecule has 0 saturated heterocycles. The van der Waals surface area contributed by atoms with Crippen LogP contribution in [-0.2, 0) is 13.0 Å². The van der Waals surface area contributed by atoms with Crippen LogP contribution in [0, 0.1) is 5.82 Å². The van der Waals surface area contributed by atoms with E-state index in [0.717, 1.165) is 24.3 Å². The van der Waals surface area contributed by atoms with E-state index in [9.17, 15) is 4.39 Å². The Morgan fingerprint density at radius 1 is 1.32 bits per heavy atom. The van der Waals surface area contributed by atoms with Crippen LogP contribution >= 0.6 is 0 Å². The minimum absolute atomic E-state index is 0.198. The van der Waals surface area contributed by atoms with E-state index in [1.807, 2.05) is 18.2 Å². The van der Waals surface area contributed by atoms with Crippen LogP contribution in [0.25, 0.3) is 0 Å². The van der Waals surface area contributed by atoms with Gasteiger partial charge in [-0.2, -0.15) is 0 Å². The van der Waals surface area contributed by atoms with Gasteiger partial charge in [-0.05, 0) is 36.2 Å². The smallest absolute Gasteiger partial charge is 0.140 e. The molecule has 0 aliphatic carbocycles. The number of hydrogen-bond donors (Lipinski definition) is 2. The molecule has 0 amide bonds. The Morgan fingerprint density at radius 3 is 3.05 bits per heavy atom. The number of benzene rings is 1. The van der Waals surface area contributed by atoms with Crippen LogP contribution in [-0.4, -0.2) is 11.5 Å². The summed E-state index contributed by atoms with van der Waals surface area (Å²) in [5.74, 6) is 5.78. The molecule has 98 valence electrons. The van der Waals surface area contributed by atoms with E-state index in [1.54, 1.807) is 12.1 Å². The first-order valence-corrected chi connectivity index (χ1v) is 6.22. The van der Waals surface area contributed by atoms with Gasteiger partial charge in [0.05, 0.1) is 12.2 Å². The summed E-state index contributed by atoms with van der Waals surface area (Å²) in [5.41, 5.74) is 5.60. The van der Waals surface area contributed by atoms with Crippen LogP contribution in [0.3, 0.4) is 0 Å². The number of hydrazine groups is 1. The van der Waals surface area contributed by atoms with Gasteiger partial charge in [-0.25, -0.2) is 15.2 Å². The summed E-state index contributed by atoms with van der Waals surface area (Å²) in [6.45, 7) is 1.55. The summed E-state index contributed by atoms with van der Waals surface area (Å²) in [7, 11) is 0. The largest absolute Gasteiger partial charge is 0.365 e. The van der Waals surface area contributed by atoms with Gasteiger partial charge in [0, 0.05) is 12.2 Å². The van der Waals surface area contributed by atoms with Crippen LogP contribution < -0.4 is 16.2 Å². The zero-order valence-electron chi connectivity index (χ0n) is 10.4. The lowest BCUT2D eigenvalue weighted by Gasteiger charge is -2.19. The highest BCUT2D eigenvalue weighted by Gasteiger charge is 2.19. The Kier molecular flexibility index (Phi) is 3.05. The molecule has 0 bridgehead atoms. The molecule has 4 nitrogen and oxygen atoms in total. The van der Waals surface area contributed by atoms with E-state index in [4.69, 9.17) is 5.84 Å². The molecule has 2 aromatic rings. The summed E-state index contributed by atoms with van der Waals surface area (Å²) in [5, 5.41) is 0. The Labute approximate surface area is 111 Å². The quantitative estimate of drug-likeness (QED) is 0.653. The number of halogens is 1. The van der Waals surface area contributed by atoms with Crippen molar-refractivity contribution in [2.45, 2.75) is 13.0 Å². The standard InChI is InChI=1S/C14H15FN4/c15-11-5-4-10-6-7-19(13(10)8-11)9-12-2-1-3-14(17-12)18-16/h1-5,8H,6-7,9,16H2,(H,17,18). The minimum Gasteiger partial charge on any atom is -0.365 e. The van der Waals surface area contributed by atoms with Gasteiger partial charge in [-0.1, -0.05) is 12.1 Å². The number of fused-ring (bicyclic) bond motifs is 1. The summed E-state index contributed by atoms with van der Waals surface area (Å²) < 4.78 is 13.3. The average molecular weight is 258 g/mol. The van der Waals surface area contributed by atoms with Crippen molar-refractivity contribution in [2.75, 3.05) is 16.9 Å². The molecule has 3 rings (SSSR count). The Morgan fingerprint density at radius 2 is 2.21 bits per heavy atom. The number of nitrogens with one attached hydrogen (secondary N) is 1. The maximum Gasteiger partial charge on any atom is 0.140 e. The van der Waals surface area contributed by atoms with Crippen molar-refractivity contribution in [3.05, 3.63) is 53.5 Å². The van der Waals surface area contributed by atoms with Gasteiger partial charge in [0.2, 0.25) is 0 Å². The maximum absolute atomic E-state index is 13.3. The van der Waals surface area contributed by atoms with Crippen LogP contribution in [0.5, 0.6) is 0 Å². The summed E-state index contributed by atoms with van der Waals surface area (Å²) in [4.78, 5) is 6.52. The third-order valence-electron chi connectivity index (χ3n) is 3.35. The second kappa shape index (κ2) is 4.85. The summed E-state index contributed by atoms with van der Waals surface area (Å²) >= 11 is 0. The number of aromatic nitrogens is 1. The first-order chi connectivity index (χ1) is 9.26. The summed E-state index contributed by atoms with van der Waals surface area (Å²) in [6, 6.07) is 10.6. The molecule has 19 heavy (non-hydrogen) atoms. The van der Waals surface area contributed by atoms with E-state index < -0.39 is 0 Å². The van der Waals surface area contributed by atoms with Crippen molar-refractivity contribution >= 4 is 11.5 Å². The van der Waals surface area contributed by atoms with Gasteiger partial charge >= 0.3 is 0 Å². The van der Waals surface area contributed by atoms with Crippen LogP contribution in [0.4, 0.5) is 15.9 Å². The van der Waals surface area contributed by atoms with Crippen molar-refractivity contribution in [1.82, 2.24) is 4.98 Å². The van der Waals surface area contributed by atoms with E-state index in [0.29, 0.717) is 12.4 Å². The van der Waals surface area contributed by atoms with Crippen molar-refractivity contribution < 1.29 is 4.39 Å². The first-order valence-electron chi connectivity index (χ1n) is 6.22. The number of rotatable bonds is 3. The fourth-order valence-electron chi connectivity index (χ4n) is 2.43. The molecule has 0 saturated carbocycles. The monoisotopic (exact) mass is 258 g/mol. The minimum atomic E-state index is -0.198. The fraction of sp³-hybridized carbons (Fsp3) is 0.214. The van der Waals surface area contributed by atoms with Gasteiger partial charge in [-0.15, -0.1) is 0 Å². The van der Waals surface area contributed by atoms with Crippen molar-refractivity contribution in [1.29, 1.82) is 0 Å². The number of anilines is 2. The predicted octanol–water partition coefficient (Wildman–Crippen LogP) is 2.07. The average Bonchev–Trinajstić information content (AvgIpc) is 2.81.